The molecule has 37 heavy (non-hydrogen) atoms. The van der Waals surface area contributed by atoms with Gasteiger partial charge in [0, 0.05) is 51.4 Å². The van der Waals surface area contributed by atoms with Gasteiger partial charge in [-0.05, 0) is 51.8 Å². The number of amides is 3. The van der Waals surface area contributed by atoms with Crippen molar-refractivity contribution in [1.29, 1.82) is 0 Å². The molecule has 206 valence electrons. The van der Waals surface area contributed by atoms with Gasteiger partial charge in [0.2, 0.25) is 5.91 Å². The molecule has 2 heterocycles. The minimum absolute atomic E-state index is 0.156. The standard InChI is InChI=1S/C25H36F3N5O4/c1-24(2,3)37-23(36)33-14-11-31(12-15-33)10-13-32-9-5-8-20(32)30-21(34)17-29-22(35)18-6-4-7-19(16-18)25(26,27)28/h4,6-7,16,20H,5,8-15,17H2,1-3H3,(H,29,35)(H,30,34). The highest BCUT2D eigenvalue weighted by molar-refractivity contribution is 5.96. The van der Waals surface area contributed by atoms with E-state index in [1.54, 1.807) is 4.90 Å². The smallest absolute Gasteiger partial charge is 0.416 e. The van der Waals surface area contributed by atoms with Gasteiger partial charge in [0.15, 0.2) is 0 Å². The van der Waals surface area contributed by atoms with Crippen molar-refractivity contribution in [2.24, 2.45) is 0 Å². The first kappa shape index (κ1) is 28.7. The molecule has 2 aliphatic heterocycles. The van der Waals surface area contributed by atoms with E-state index < -0.39 is 29.2 Å². The second-order valence-electron chi connectivity index (χ2n) is 10.3. The summed E-state index contributed by atoms with van der Waals surface area (Å²) in [5.41, 5.74) is -1.60. The number of carbonyl (C=O) groups excluding carboxylic acids is 3. The van der Waals surface area contributed by atoms with Crippen LogP contribution in [0.5, 0.6) is 0 Å². The lowest BCUT2D eigenvalue weighted by Crippen LogP contribution is -2.53. The van der Waals surface area contributed by atoms with Crippen LogP contribution in [0.25, 0.3) is 0 Å². The zero-order valence-electron chi connectivity index (χ0n) is 21.6. The minimum Gasteiger partial charge on any atom is -0.444 e. The zero-order chi connectivity index (χ0) is 27.2. The number of piperazine rings is 1. The van der Waals surface area contributed by atoms with Gasteiger partial charge < -0.3 is 20.3 Å². The van der Waals surface area contributed by atoms with E-state index in [0.717, 1.165) is 63.8 Å². The number of nitrogens with zero attached hydrogens (tertiary/aromatic N) is 3. The molecule has 3 rings (SSSR count). The molecule has 0 bridgehead atoms. The van der Waals surface area contributed by atoms with Crippen LogP contribution in [0.2, 0.25) is 0 Å². The van der Waals surface area contributed by atoms with Gasteiger partial charge in [-0.1, -0.05) is 6.07 Å². The van der Waals surface area contributed by atoms with Gasteiger partial charge in [0.25, 0.3) is 5.91 Å². The average Bonchev–Trinajstić information content (AvgIpc) is 3.26. The van der Waals surface area contributed by atoms with Crippen LogP contribution in [0, 0.1) is 0 Å². The van der Waals surface area contributed by atoms with Crippen LogP contribution in [0.3, 0.4) is 0 Å². The van der Waals surface area contributed by atoms with Crippen molar-refractivity contribution in [3.8, 4) is 0 Å². The number of rotatable bonds is 7. The minimum atomic E-state index is -4.55. The maximum absolute atomic E-state index is 12.9. The number of benzene rings is 1. The van der Waals surface area contributed by atoms with E-state index >= 15 is 0 Å². The van der Waals surface area contributed by atoms with Crippen LogP contribution in [-0.4, -0.2) is 96.7 Å². The van der Waals surface area contributed by atoms with Gasteiger partial charge in [-0.2, -0.15) is 13.2 Å². The molecule has 2 aliphatic rings. The molecule has 2 fully saturated rings. The molecule has 0 aromatic heterocycles. The van der Waals surface area contributed by atoms with Crippen LogP contribution < -0.4 is 10.6 Å². The summed E-state index contributed by atoms with van der Waals surface area (Å²) in [5, 5.41) is 5.30. The number of likely N-dealkylation sites (tertiary alicyclic amines) is 1. The molecule has 1 aromatic rings. The summed E-state index contributed by atoms with van der Waals surface area (Å²) in [6.45, 7) is 10.3. The molecule has 0 spiro atoms. The number of hydrogen-bond donors (Lipinski definition) is 2. The van der Waals surface area contributed by atoms with Gasteiger partial charge in [0.1, 0.15) is 5.60 Å². The topological polar surface area (TPSA) is 94.2 Å². The predicted molar refractivity (Wildman–Crippen MR) is 131 cm³/mol. The highest BCUT2D eigenvalue weighted by Crippen LogP contribution is 2.29. The summed E-state index contributed by atoms with van der Waals surface area (Å²) in [7, 11) is 0. The Labute approximate surface area is 215 Å². The van der Waals surface area contributed by atoms with Crippen LogP contribution in [0.15, 0.2) is 24.3 Å². The van der Waals surface area contributed by atoms with Crippen molar-refractivity contribution in [3.05, 3.63) is 35.4 Å². The van der Waals surface area contributed by atoms with Crippen LogP contribution >= 0.6 is 0 Å². The summed E-state index contributed by atoms with van der Waals surface area (Å²) in [6.07, 6.45) is -3.31. The molecule has 0 saturated carbocycles. The molecule has 0 radical (unpaired) electrons. The summed E-state index contributed by atoms with van der Waals surface area (Å²) >= 11 is 0. The zero-order valence-corrected chi connectivity index (χ0v) is 21.6. The summed E-state index contributed by atoms with van der Waals surface area (Å²) < 4.78 is 44.0. The number of hydrogen-bond acceptors (Lipinski definition) is 6. The lowest BCUT2D eigenvalue weighted by atomic mass is 10.1. The Kier molecular flexibility index (Phi) is 9.41. The van der Waals surface area contributed by atoms with Crippen LogP contribution in [-0.2, 0) is 15.7 Å². The molecule has 1 aromatic carbocycles. The number of alkyl halides is 3. The lowest BCUT2D eigenvalue weighted by Gasteiger charge is -2.36. The average molecular weight is 528 g/mol. The third kappa shape index (κ3) is 8.89. The Morgan fingerprint density at radius 2 is 1.73 bits per heavy atom. The molecule has 2 N–H and O–H groups in total. The van der Waals surface area contributed by atoms with Crippen molar-refractivity contribution in [1.82, 2.24) is 25.3 Å². The predicted octanol–water partition coefficient (Wildman–Crippen LogP) is 2.53. The van der Waals surface area contributed by atoms with E-state index in [4.69, 9.17) is 4.74 Å². The Hall–Kier alpha value is -2.86. The Morgan fingerprint density at radius 3 is 2.38 bits per heavy atom. The number of ether oxygens (including phenoxy) is 1. The second-order valence-corrected chi connectivity index (χ2v) is 10.3. The normalized spacial score (nSPS) is 19.5. The van der Waals surface area contributed by atoms with Crippen molar-refractivity contribution in [3.63, 3.8) is 0 Å². The maximum atomic E-state index is 12.9. The maximum Gasteiger partial charge on any atom is 0.416 e. The largest absolute Gasteiger partial charge is 0.444 e. The number of carbonyl (C=O) groups is 3. The van der Waals surface area contributed by atoms with Gasteiger partial charge >= 0.3 is 12.3 Å². The lowest BCUT2D eigenvalue weighted by molar-refractivity contribution is -0.137. The Balaban J connectivity index is 1.39. The summed E-state index contributed by atoms with van der Waals surface area (Å²) in [4.78, 5) is 43.0. The van der Waals surface area contributed by atoms with Gasteiger partial charge in [0.05, 0.1) is 18.3 Å². The molecular formula is C25H36F3N5O4. The van der Waals surface area contributed by atoms with Crippen molar-refractivity contribution < 1.29 is 32.3 Å². The Bertz CT molecular complexity index is 958. The van der Waals surface area contributed by atoms with Crippen molar-refractivity contribution in [2.75, 3.05) is 52.4 Å². The fourth-order valence-electron chi connectivity index (χ4n) is 4.34. The summed E-state index contributed by atoms with van der Waals surface area (Å²) in [6, 6.07) is 4.08. The number of halogens is 3. The van der Waals surface area contributed by atoms with Gasteiger partial charge in [-0.3, -0.25) is 19.4 Å². The molecule has 3 amide bonds. The van der Waals surface area contributed by atoms with Gasteiger partial charge in [-0.15, -0.1) is 0 Å². The first-order chi connectivity index (χ1) is 17.3. The fourth-order valence-corrected chi connectivity index (χ4v) is 4.34. The molecule has 9 nitrogen and oxygen atoms in total. The van der Waals surface area contributed by atoms with Crippen molar-refractivity contribution >= 4 is 17.9 Å². The molecule has 1 unspecified atom stereocenters. The third-order valence-corrected chi connectivity index (χ3v) is 6.28. The van der Waals surface area contributed by atoms with Crippen molar-refractivity contribution in [2.45, 2.75) is 51.6 Å². The first-order valence-electron chi connectivity index (χ1n) is 12.5. The van der Waals surface area contributed by atoms with Crippen LogP contribution in [0.1, 0.15) is 49.5 Å². The molecule has 12 heteroatoms. The van der Waals surface area contributed by atoms with E-state index in [-0.39, 0.29) is 24.4 Å². The molecule has 0 aliphatic carbocycles. The third-order valence-electron chi connectivity index (χ3n) is 6.28. The number of nitrogens with one attached hydrogen (secondary N) is 2. The monoisotopic (exact) mass is 527 g/mol. The SMILES string of the molecule is CC(C)(C)OC(=O)N1CCN(CCN2CCCC2NC(=O)CNC(=O)c2cccc(C(F)(F)F)c2)CC1. The Morgan fingerprint density at radius 1 is 1.03 bits per heavy atom. The summed E-state index contributed by atoms with van der Waals surface area (Å²) in [5.74, 6) is -1.14. The highest BCUT2D eigenvalue weighted by atomic mass is 19.4. The molecular weight excluding hydrogens is 491 g/mol. The van der Waals surface area contributed by atoms with Gasteiger partial charge in [-0.25, -0.2) is 4.79 Å². The second kappa shape index (κ2) is 12.1. The van der Waals surface area contributed by atoms with E-state index in [2.05, 4.69) is 20.4 Å². The van der Waals surface area contributed by atoms with E-state index in [9.17, 15) is 27.6 Å². The van der Waals surface area contributed by atoms with E-state index in [1.807, 2.05) is 20.8 Å². The molecule has 1 atom stereocenters. The fraction of sp³-hybridized carbons (Fsp3) is 0.640. The molecule has 2 saturated heterocycles. The first-order valence-corrected chi connectivity index (χ1v) is 12.5. The quantitative estimate of drug-likeness (QED) is 0.566. The highest BCUT2D eigenvalue weighted by Gasteiger charge is 2.31. The van der Waals surface area contributed by atoms with E-state index in [1.165, 1.54) is 6.07 Å². The van der Waals surface area contributed by atoms with Crippen LogP contribution in [0.4, 0.5) is 18.0 Å². The van der Waals surface area contributed by atoms with E-state index in [0.29, 0.717) is 13.1 Å².